The van der Waals surface area contributed by atoms with Crippen LogP contribution in [-0.4, -0.2) is 314 Å². The number of amides is 6. The Labute approximate surface area is 557 Å². The summed E-state index contributed by atoms with van der Waals surface area (Å²) >= 11 is 0. The Morgan fingerprint density at radius 2 is 0.753 bits per heavy atom. The largest absolute Gasteiger partial charge is 0.756 e. The fraction of sp³-hybridized carbons (Fsp3) is 0.889. The molecule has 0 radical (unpaired) electrons. The first-order valence-corrected chi connectivity index (χ1v) is 36.1. The van der Waals surface area contributed by atoms with Crippen LogP contribution in [0.25, 0.3) is 0 Å². The molecule has 0 aromatic rings. The monoisotopic (exact) mass is 1460 g/mol. The van der Waals surface area contributed by atoms with Crippen LogP contribution in [0.2, 0.25) is 0 Å². The van der Waals surface area contributed by atoms with E-state index in [4.69, 9.17) is 46.5 Å². The van der Waals surface area contributed by atoms with E-state index < -0.39 is 246 Å². The number of carbonyl (C=O) groups excluding carboxylic acids is 6. The number of unbranched alkanes of at least 4 members (excludes halogenated alkanes) is 3. The first-order valence-electron chi connectivity index (χ1n) is 31.7. The second kappa shape index (κ2) is 38.1. The van der Waals surface area contributed by atoms with Crippen molar-refractivity contribution >= 4 is 58.9 Å². The quantitative estimate of drug-likeness (QED) is 0.0203. The summed E-state index contributed by atoms with van der Waals surface area (Å²) in [6.07, 6.45) is -21.9. The average molecular weight is 1460 g/mol. The zero-order valence-corrected chi connectivity index (χ0v) is 56.3. The van der Waals surface area contributed by atoms with Crippen LogP contribution in [0.1, 0.15) is 97.8 Å². The van der Waals surface area contributed by atoms with Gasteiger partial charge in [0.15, 0.2) is 18.9 Å². The second-order valence-electron chi connectivity index (χ2n) is 24.4. The topological polar surface area (TPSA) is 593 Å². The number of β-amino-alcohol motifs (C(OH)–C–C–N with tert-alkyl or cyclic N) is 1. The lowest BCUT2D eigenvalue weighted by Crippen LogP contribution is -2.64. The summed E-state index contributed by atoms with van der Waals surface area (Å²) in [6.45, 7) is -2.59. The van der Waals surface area contributed by atoms with E-state index in [0.29, 0.717) is 0 Å². The van der Waals surface area contributed by atoms with Crippen LogP contribution in [0, 0.1) is 0 Å². The van der Waals surface area contributed by atoms with Crippen molar-refractivity contribution in [3.05, 3.63) is 0 Å². The van der Waals surface area contributed by atoms with Crippen LogP contribution < -0.4 is 30.6 Å². The third-order valence-corrected chi connectivity index (χ3v) is 19.4. The molecule has 0 aromatic carbocycles. The van der Waals surface area contributed by atoms with E-state index in [2.05, 4.69) is 20.5 Å². The predicted octanol–water partition coefficient (Wildman–Crippen LogP) is -8.24. The summed E-state index contributed by atoms with van der Waals surface area (Å²) < 4.78 is 98.4. The SMILES string of the molecule is CC(=O)NC1[C@H](OCCCCC(=O)N2C[C@H](O)C[C@H]2COP(=O)([O-])O[C@@H]2C[C@@H](COP(=O)([O-])O[C@@H]3C[C@@H](COP(=O)([O-])O)N(C(=O)CCCCO[C@@H]4OC(CO)[C@H](O)[C@H](O)C4NC(C)=O)C3)N(C(=O)CCCCO[C@@H]3OC(CO)[C@H](O)[C@H](O)C3NC(C)=O)C2)OC(CO)[C@H](O)[C@@H]1O. The lowest BCUT2D eigenvalue weighted by molar-refractivity contribution is -0.270. The molecule has 97 heavy (non-hydrogen) atoms. The summed E-state index contributed by atoms with van der Waals surface area (Å²) in [5.41, 5.74) is 0. The fourth-order valence-electron chi connectivity index (χ4n) is 12.1. The van der Waals surface area contributed by atoms with Crippen LogP contribution in [0.3, 0.4) is 0 Å². The molecule has 6 aliphatic rings. The van der Waals surface area contributed by atoms with E-state index in [9.17, 15) is 113 Å². The molecule has 14 N–H and O–H groups in total. The smallest absolute Gasteiger partial charge is 0.268 e. The number of carbonyl (C=O) groups is 6. The molecule has 0 spiro atoms. The van der Waals surface area contributed by atoms with E-state index in [1.165, 1.54) is 11.8 Å². The highest BCUT2D eigenvalue weighted by molar-refractivity contribution is 7.46. The lowest BCUT2D eigenvalue weighted by Gasteiger charge is -2.42. The first kappa shape index (κ1) is 82.5. The molecule has 9 unspecified atom stereocenters. The van der Waals surface area contributed by atoms with Crippen molar-refractivity contribution in [1.29, 1.82) is 0 Å². The fourth-order valence-corrected chi connectivity index (χ4v) is 14.4. The summed E-state index contributed by atoms with van der Waals surface area (Å²) in [5.74, 6) is -3.60. The van der Waals surface area contributed by atoms with Crippen molar-refractivity contribution in [3.63, 3.8) is 0 Å². The van der Waals surface area contributed by atoms with Gasteiger partial charge in [-0.2, -0.15) is 0 Å². The van der Waals surface area contributed by atoms with Crippen LogP contribution in [-0.2, 0) is 93.5 Å². The minimum atomic E-state index is -5.49. The van der Waals surface area contributed by atoms with Gasteiger partial charge in [-0.25, -0.2) is 0 Å². The Balaban J connectivity index is 1.05. The van der Waals surface area contributed by atoms with Gasteiger partial charge in [-0.3, -0.25) is 42.5 Å². The zero-order valence-electron chi connectivity index (χ0n) is 53.6. The molecule has 6 heterocycles. The van der Waals surface area contributed by atoms with Gasteiger partial charge in [0, 0.05) is 79.5 Å². The van der Waals surface area contributed by atoms with Gasteiger partial charge in [0.2, 0.25) is 35.4 Å². The maximum absolute atomic E-state index is 14.0. The third-order valence-electron chi connectivity index (χ3n) is 16.9. The second-order valence-corrected chi connectivity index (χ2v) is 28.4. The number of ether oxygens (including phenoxy) is 6. The van der Waals surface area contributed by atoms with Crippen molar-refractivity contribution in [2.24, 2.45) is 0 Å². The maximum Gasteiger partial charge on any atom is 0.268 e. The van der Waals surface area contributed by atoms with Gasteiger partial charge >= 0.3 is 0 Å². The Bertz CT molecular complexity index is 2710. The molecule has 0 saturated carbocycles. The van der Waals surface area contributed by atoms with E-state index in [-0.39, 0.29) is 97.0 Å². The summed E-state index contributed by atoms with van der Waals surface area (Å²) in [4.78, 5) is 128. The number of phosphoric ester groups is 3. The van der Waals surface area contributed by atoms with Gasteiger partial charge in [-0.15, -0.1) is 0 Å². The van der Waals surface area contributed by atoms with E-state index in [1.807, 2.05) is 0 Å². The molecule has 6 aliphatic heterocycles. The van der Waals surface area contributed by atoms with Gasteiger partial charge in [0.25, 0.3) is 23.5 Å². The number of phosphoric acid groups is 3. The number of hydrogen-bond acceptors (Lipinski definition) is 33. The minimum Gasteiger partial charge on any atom is -0.756 e. The molecule has 0 bridgehead atoms. The number of nitrogens with one attached hydrogen (secondary N) is 3. The van der Waals surface area contributed by atoms with Crippen LogP contribution in [0.4, 0.5) is 0 Å². The van der Waals surface area contributed by atoms with Crippen molar-refractivity contribution in [3.8, 4) is 0 Å². The number of rotatable bonds is 37. The molecular weight excluding hydrogens is 1370 g/mol. The Morgan fingerprint density at radius 1 is 0.454 bits per heavy atom. The van der Waals surface area contributed by atoms with E-state index in [1.54, 1.807) is 0 Å². The number of likely N-dealkylation sites (tertiary alicyclic amines) is 3. The highest BCUT2D eigenvalue weighted by Gasteiger charge is 2.49. The molecule has 6 amide bonds. The third kappa shape index (κ3) is 24.9. The summed E-state index contributed by atoms with van der Waals surface area (Å²) in [5, 5.41) is 109. The molecule has 6 fully saturated rings. The molecular formula is C54H92N6O34P3-3. The van der Waals surface area contributed by atoms with Crippen LogP contribution in [0.5, 0.6) is 0 Å². The zero-order chi connectivity index (χ0) is 71.7. The molecule has 0 aliphatic carbocycles. The van der Waals surface area contributed by atoms with Crippen molar-refractivity contribution < 1.29 is 164 Å². The van der Waals surface area contributed by atoms with Gasteiger partial charge in [0.05, 0.1) is 76.1 Å². The van der Waals surface area contributed by atoms with Crippen LogP contribution in [0.15, 0.2) is 0 Å². The van der Waals surface area contributed by atoms with Gasteiger partial charge in [0.1, 0.15) is 73.1 Å². The Kier molecular flexibility index (Phi) is 32.4. The number of hydrogen-bond donors (Lipinski definition) is 14. The number of aliphatic hydroxyl groups excluding tert-OH is 10. The van der Waals surface area contributed by atoms with Crippen molar-refractivity contribution in [2.75, 3.05) is 79.1 Å². The standard InChI is InChI=1S/C54H95N6O34P3/c1-28(64)55-43-49(74)46(71)37(22-61)90-52(43)84-13-7-4-10-40(68)58-19-34(67)16-31(58)26-88-96(80,81)94-36-18-33(60(21-36)42(70)12-6-9-15-86-54-45(57-30(3)66)51(76)48(73)39(24-63)92-54)27-89-97(82,83)93-35-17-32(25-87-95(77,78)79)59(20-35)41(69)11-5-8-14-85-53-44(56-29(2)65)50(75)47(72)38(23-62)91-53/h31-39,43-54,61-63,67,71-76H,4-27H2,1-3H3,(H,55,64)(H,56,65)(H,57,66)(H,80,81)(H,82,83)(H2,77,78,79)/p-3/t31-,32-,33-,34+,35+,36+,37?,38?,39?,43?,44?,45?,46-,47-,48-,49+,50+,51+,52+,53+,54+/m0/s1. The summed E-state index contributed by atoms with van der Waals surface area (Å²) in [6, 6.07) is -7.15. The molecule has 0 aromatic heterocycles. The average Bonchev–Trinajstić information content (AvgIpc) is 1.68. The minimum absolute atomic E-state index is 0.0491. The molecule has 560 valence electrons. The van der Waals surface area contributed by atoms with Gasteiger partial charge < -0.3 is 152 Å². The Morgan fingerprint density at radius 3 is 1.05 bits per heavy atom. The number of nitrogens with zero attached hydrogens (tertiary/aromatic N) is 3. The van der Waals surface area contributed by atoms with E-state index in [0.717, 1.165) is 23.6 Å². The number of aliphatic hydroxyl groups is 10. The molecule has 6 saturated heterocycles. The predicted molar refractivity (Wildman–Crippen MR) is 315 cm³/mol. The molecule has 43 heteroatoms. The maximum atomic E-state index is 14.0. The normalized spacial score (nSPS) is 35.0. The van der Waals surface area contributed by atoms with Gasteiger partial charge in [-0.05, 0) is 57.8 Å². The highest BCUT2D eigenvalue weighted by atomic mass is 31.2. The molecule has 40 nitrogen and oxygen atoms in total. The summed E-state index contributed by atoms with van der Waals surface area (Å²) in [7, 11) is -16.3. The van der Waals surface area contributed by atoms with Crippen molar-refractivity contribution in [1.82, 2.24) is 30.7 Å². The van der Waals surface area contributed by atoms with Crippen LogP contribution >= 0.6 is 23.5 Å². The highest BCUT2D eigenvalue weighted by Crippen LogP contribution is 2.46. The Hall–Kier alpha value is -3.49. The van der Waals surface area contributed by atoms with E-state index >= 15 is 0 Å². The molecule has 24 atom stereocenters. The lowest BCUT2D eigenvalue weighted by atomic mass is 9.97. The van der Waals surface area contributed by atoms with Gasteiger partial charge in [-0.1, -0.05) is 0 Å². The van der Waals surface area contributed by atoms with Crippen molar-refractivity contribution in [2.45, 2.75) is 226 Å². The first-order chi connectivity index (χ1) is 45.6. The molecule has 6 rings (SSSR count).